The van der Waals surface area contributed by atoms with E-state index in [1.54, 1.807) is 0 Å². The van der Waals surface area contributed by atoms with Crippen molar-refractivity contribution >= 4 is 5.82 Å². The summed E-state index contributed by atoms with van der Waals surface area (Å²) in [6, 6.07) is 2.37. The minimum atomic E-state index is 0.0866. The number of aliphatic hydroxyl groups excluding tert-OH is 1. The molecule has 0 amide bonds. The van der Waals surface area contributed by atoms with Crippen LogP contribution in [0.15, 0.2) is 0 Å². The first kappa shape index (κ1) is 14.8. The van der Waals surface area contributed by atoms with Crippen LogP contribution in [0, 0.1) is 11.3 Å². The molecule has 1 aliphatic carbocycles. The van der Waals surface area contributed by atoms with Gasteiger partial charge in [-0.1, -0.05) is 13.8 Å². The Bertz CT molecular complexity index is 532. The number of hydrogen-bond donors (Lipinski definition) is 1. The van der Waals surface area contributed by atoms with Crippen LogP contribution in [0.1, 0.15) is 55.0 Å². The molecule has 1 aromatic rings. The number of nitrogens with one attached hydrogen (secondary N) is 1. The molecule has 2 N–H and O–H groups in total. The minimum absolute atomic E-state index is 0.0866. The van der Waals surface area contributed by atoms with E-state index in [1.807, 2.05) is 11.9 Å². The van der Waals surface area contributed by atoms with Gasteiger partial charge in [0.25, 0.3) is 5.82 Å². The summed E-state index contributed by atoms with van der Waals surface area (Å²) in [4.78, 5) is 5.41. The Balaban J connectivity index is 2.62. The molecule has 1 heterocycles. The van der Waals surface area contributed by atoms with E-state index in [-0.39, 0.29) is 6.61 Å². The van der Waals surface area contributed by atoms with Crippen molar-refractivity contribution in [2.24, 2.45) is 0 Å². The van der Waals surface area contributed by atoms with Gasteiger partial charge in [-0.25, -0.2) is 4.98 Å². The molecule has 0 bridgehead atoms. The number of aromatic nitrogens is 1. The zero-order valence-corrected chi connectivity index (χ0v) is 12.7. The van der Waals surface area contributed by atoms with Crippen LogP contribution in [0.25, 0.3) is 0 Å². The lowest BCUT2D eigenvalue weighted by Gasteiger charge is -2.23. The monoisotopic (exact) mass is 274 g/mol. The van der Waals surface area contributed by atoms with Gasteiger partial charge in [0.05, 0.1) is 13.7 Å². The summed E-state index contributed by atoms with van der Waals surface area (Å²) in [7, 11) is 1.92. The Morgan fingerprint density at radius 2 is 1.95 bits per heavy atom. The van der Waals surface area contributed by atoms with Gasteiger partial charge in [0.15, 0.2) is 0 Å². The predicted molar refractivity (Wildman–Crippen MR) is 78.8 cm³/mol. The quantitative estimate of drug-likeness (QED) is 0.910. The molecule has 20 heavy (non-hydrogen) atoms. The number of anilines is 1. The maximum atomic E-state index is 9.56. The molecule has 1 aromatic heterocycles. The first-order chi connectivity index (χ1) is 9.60. The molecule has 1 aliphatic rings. The number of aromatic amines is 1. The molecule has 0 unspecified atom stereocenters. The molecular weight excluding hydrogens is 250 g/mol. The first-order valence-electron chi connectivity index (χ1n) is 7.43. The lowest BCUT2D eigenvalue weighted by molar-refractivity contribution is -0.379. The van der Waals surface area contributed by atoms with Crippen LogP contribution in [0.2, 0.25) is 0 Å². The van der Waals surface area contributed by atoms with Crippen molar-refractivity contribution in [2.45, 2.75) is 45.4 Å². The predicted octanol–water partition coefficient (Wildman–Crippen LogP) is 1.80. The molecule has 2 rings (SSSR count). The van der Waals surface area contributed by atoms with Gasteiger partial charge in [-0.2, -0.15) is 5.26 Å². The molecule has 0 aromatic carbocycles. The zero-order chi connectivity index (χ0) is 14.7. The summed E-state index contributed by atoms with van der Waals surface area (Å²) in [6.45, 7) is 4.98. The second-order valence-electron chi connectivity index (χ2n) is 5.84. The van der Waals surface area contributed by atoms with Crippen LogP contribution in [0.3, 0.4) is 0 Å². The van der Waals surface area contributed by atoms with Gasteiger partial charge in [-0.3, -0.25) is 4.90 Å². The maximum Gasteiger partial charge on any atom is 0.292 e. The summed E-state index contributed by atoms with van der Waals surface area (Å²) < 4.78 is 0. The van der Waals surface area contributed by atoms with E-state index in [0.29, 0.717) is 12.5 Å². The van der Waals surface area contributed by atoms with Crippen LogP contribution < -0.4 is 9.88 Å². The number of hydrogen-bond acceptors (Lipinski definition) is 3. The molecule has 0 fully saturated rings. The summed E-state index contributed by atoms with van der Waals surface area (Å²) in [5.74, 6) is 1.27. The largest absolute Gasteiger partial charge is 0.392 e. The van der Waals surface area contributed by atoms with Crippen molar-refractivity contribution < 1.29 is 10.1 Å². The van der Waals surface area contributed by atoms with Gasteiger partial charge < -0.3 is 5.11 Å². The molecule has 0 aliphatic heterocycles. The number of rotatable bonds is 4. The topological polar surface area (TPSA) is 61.4 Å². The van der Waals surface area contributed by atoms with Crippen molar-refractivity contribution in [1.82, 2.24) is 0 Å². The first-order valence-corrected chi connectivity index (χ1v) is 7.43. The third-order valence-corrected chi connectivity index (χ3v) is 4.09. The van der Waals surface area contributed by atoms with Crippen LogP contribution in [-0.2, 0) is 12.8 Å². The normalized spacial score (nSPS) is 14.0. The van der Waals surface area contributed by atoms with Crippen molar-refractivity contribution in [3.8, 4) is 6.07 Å². The highest BCUT2D eigenvalue weighted by Crippen LogP contribution is 2.31. The summed E-state index contributed by atoms with van der Waals surface area (Å²) in [5, 5.41) is 18.7. The Kier molecular flexibility index (Phi) is 4.61. The van der Waals surface area contributed by atoms with Gasteiger partial charge in [0.1, 0.15) is 23.9 Å². The molecule has 0 atom stereocenters. The van der Waals surface area contributed by atoms with Crippen LogP contribution >= 0.6 is 0 Å². The smallest absolute Gasteiger partial charge is 0.292 e. The third-order valence-electron chi connectivity index (χ3n) is 4.09. The van der Waals surface area contributed by atoms with Crippen LogP contribution in [0.4, 0.5) is 5.82 Å². The minimum Gasteiger partial charge on any atom is -0.392 e. The lowest BCUT2D eigenvalue weighted by atomic mass is 9.85. The Labute approximate surface area is 121 Å². The fourth-order valence-corrected chi connectivity index (χ4v) is 3.05. The van der Waals surface area contributed by atoms with Crippen LogP contribution in [0.5, 0.6) is 0 Å². The van der Waals surface area contributed by atoms with E-state index < -0.39 is 0 Å². The highest BCUT2D eigenvalue weighted by atomic mass is 16.3. The standard InChI is InChI=1S/C16H23N3O/c1-11(2)15-13-7-5-4-6-12(13)14(10-17)16(18-15)19(3)8-9-20/h11,20H,4-9H2,1-3H3/p+1. The van der Waals surface area contributed by atoms with Gasteiger partial charge in [-0.15, -0.1) is 0 Å². The molecule has 0 saturated carbocycles. The van der Waals surface area contributed by atoms with E-state index in [2.05, 4.69) is 24.9 Å². The van der Waals surface area contributed by atoms with Crippen molar-refractivity contribution in [2.75, 3.05) is 25.1 Å². The van der Waals surface area contributed by atoms with Crippen molar-refractivity contribution in [3.05, 3.63) is 22.4 Å². The SMILES string of the molecule is CC(C)c1[nH+]c(N(C)CCO)c(C#N)c2c1CCCC2. The zero-order valence-electron chi connectivity index (χ0n) is 12.7. The molecule has 0 radical (unpaired) electrons. The Morgan fingerprint density at radius 3 is 2.50 bits per heavy atom. The number of fused-ring (bicyclic) bond motifs is 1. The van der Waals surface area contributed by atoms with E-state index in [1.165, 1.54) is 23.2 Å². The maximum absolute atomic E-state index is 9.56. The third kappa shape index (κ3) is 2.64. The summed E-state index contributed by atoms with van der Waals surface area (Å²) in [6.07, 6.45) is 4.42. The molecular formula is C16H24N3O+. The summed E-state index contributed by atoms with van der Waals surface area (Å²) in [5.41, 5.74) is 4.59. The van der Waals surface area contributed by atoms with Gasteiger partial charge in [0, 0.05) is 5.92 Å². The number of H-pyrrole nitrogens is 1. The van der Waals surface area contributed by atoms with Gasteiger partial charge >= 0.3 is 0 Å². The average Bonchev–Trinajstić information content (AvgIpc) is 2.45. The number of pyridine rings is 1. The Hall–Kier alpha value is -1.60. The highest BCUT2D eigenvalue weighted by Gasteiger charge is 2.28. The number of aliphatic hydroxyl groups is 1. The molecule has 4 nitrogen and oxygen atoms in total. The highest BCUT2D eigenvalue weighted by molar-refractivity contribution is 5.57. The fourth-order valence-electron chi connectivity index (χ4n) is 3.05. The Morgan fingerprint density at radius 1 is 1.30 bits per heavy atom. The second kappa shape index (κ2) is 6.23. The van der Waals surface area contributed by atoms with Crippen LogP contribution in [-0.4, -0.2) is 25.3 Å². The number of likely N-dealkylation sites (N-methyl/N-ethyl adjacent to an activating group) is 1. The van der Waals surface area contributed by atoms with Gasteiger partial charge in [0.2, 0.25) is 0 Å². The second-order valence-corrected chi connectivity index (χ2v) is 5.84. The lowest BCUT2D eigenvalue weighted by Crippen LogP contribution is -2.33. The van der Waals surface area contributed by atoms with Gasteiger partial charge in [-0.05, 0) is 36.8 Å². The number of nitriles is 1. The number of nitrogens with zero attached hydrogens (tertiary/aromatic N) is 2. The molecule has 108 valence electrons. The summed E-state index contributed by atoms with van der Waals surface area (Å²) >= 11 is 0. The van der Waals surface area contributed by atoms with E-state index in [4.69, 9.17) is 5.11 Å². The average molecular weight is 274 g/mol. The molecule has 0 saturated heterocycles. The molecule has 4 heteroatoms. The van der Waals surface area contributed by atoms with Crippen molar-refractivity contribution in [3.63, 3.8) is 0 Å². The van der Waals surface area contributed by atoms with E-state index in [9.17, 15) is 5.26 Å². The molecule has 0 spiro atoms. The van der Waals surface area contributed by atoms with E-state index >= 15 is 0 Å². The fraction of sp³-hybridized carbons (Fsp3) is 0.625. The van der Waals surface area contributed by atoms with Crippen molar-refractivity contribution in [1.29, 1.82) is 5.26 Å². The van der Waals surface area contributed by atoms with E-state index in [0.717, 1.165) is 30.6 Å².